The Morgan fingerprint density at radius 2 is 1.92 bits per heavy atom. The van der Waals surface area contributed by atoms with Gasteiger partial charge in [-0.15, -0.1) is 0 Å². The number of hydrogen-bond donors (Lipinski definition) is 1. The van der Waals surface area contributed by atoms with Gasteiger partial charge in [0.2, 0.25) is 0 Å². The lowest BCUT2D eigenvalue weighted by atomic mass is 10.0. The van der Waals surface area contributed by atoms with Gasteiger partial charge in [-0.25, -0.2) is 4.79 Å². The number of ether oxygens (including phenoxy) is 2. The fourth-order valence-electron chi connectivity index (χ4n) is 3.08. The summed E-state index contributed by atoms with van der Waals surface area (Å²) in [7, 11) is 2.04. The number of carbonyl (C=O) groups excluding carboxylic acids is 2. The van der Waals surface area contributed by atoms with Crippen molar-refractivity contribution in [3.63, 3.8) is 0 Å². The van der Waals surface area contributed by atoms with E-state index in [2.05, 4.69) is 36.2 Å². The average Bonchev–Trinajstić information content (AvgIpc) is 3.36. The van der Waals surface area contributed by atoms with Crippen LogP contribution in [0.4, 0.5) is 0 Å². The molecule has 0 spiro atoms. The van der Waals surface area contributed by atoms with Gasteiger partial charge in [0.1, 0.15) is 0 Å². The predicted molar refractivity (Wildman–Crippen MR) is 99.5 cm³/mol. The lowest BCUT2D eigenvalue weighted by molar-refractivity contribution is -0.144. The Morgan fingerprint density at radius 3 is 2.54 bits per heavy atom. The number of nitrogens with one attached hydrogen (secondary N) is 1. The van der Waals surface area contributed by atoms with Gasteiger partial charge in [0.05, 0.1) is 6.61 Å². The summed E-state index contributed by atoms with van der Waals surface area (Å²) >= 11 is 0. The minimum Gasteiger partial charge on any atom is -0.464 e. The highest BCUT2D eigenvalue weighted by Gasteiger charge is 2.51. The van der Waals surface area contributed by atoms with E-state index < -0.39 is 18.2 Å². The number of epoxide rings is 1. The number of rotatable bonds is 10. The van der Waals surface area contributed by atoms with E-state index in [0.717, 1.165) is 19.5 Å². The maximum absolute atomic E-state index is 12.4. The third-order valence-corrected chi connectivity index (χ3v) is 4.20. The van der Waals surface area contributed by atoms with Crippen LogP contribution >= 0.6 is 0 Å². The standard InChI is InChI=1S/C20H30N2O4/c1-5-25-20(24)18-17(26-18)19(23)21-16(11-14(2)3)13-22(4)12-15-9-7-6-8-10-15/h6-10,14,16-18H,5,11-13H2,1-4H3,(H,21,23)/t16-,17-,18-/m0/s1. The van der Waals surface area contributed by atoms with Crippen LogP contribution in [0.15, 0.2) is 30.3 Å². The Bertz CT molecular complexity index is 591. The molecule has 6 heteroatoms. The van der Waals surface area contributed by atoms with E-state index >= 15 is 0 Å². The minimum atomic E-state index is -0.753. The molecule has 0 saturated carbocycles. The normalized spacial score (nSPS) is 20.1. The first kappa shape index (κ1) is 20.4. The number of esters is 1. The Hall–Kier alpha value is -1.92. The van der Waals surface area contributed by atoms with E-state index in [-0.39, 0.29) is 18.6 Å². The summed E-state index contributed by atoms with van der Waals surface area (Å²) in [6.45, 7) is 7.83. The van der Waals surface area contributed by atoms with Crippen molar-refractivity contribution in [3.05, 3.63) is 35.9 Å². The van der Waals surface area contributed by atoms with Gasteiger partial charge in [-0.05, 0) is 31.9 Å². The van der Waals surface area contributed by atoms with Crippen LogP contribution in [0.2, 0.25) is 0 Å². The van der Waals surface area contributed by atoms with E-state index in [1.165, 1.54) is 5.56 Å². The molecule has 2 rings (SSSR count). The van der Waals surface area contributed by atoms with Crippen molar-refractivity contribution >= 4 is 11.9 Å². The number of benzene rings is 1. The van der Waals surface area contributed by atoms with Gasteiger partial charge in [0.15, 0.2) is 12.2 Å². The van der Waals surface area contributed by atoms with Gasteiger partial charge in [-0.3, -0.25) is 4.79 Å². The molecule has 0 unspecified atom stereocenters. The topological polar surface area (TPSA) is 71.2 Å². The fourth-order valence-corrected chi connectivity index (χ4v) is 3.08. The Kier molecular flexibility index (Phi) is 7.60. The molecule has 1 fully saturated rings. The average molecular weight is 362 g/mol. The summed E-state index contributed by atoms with van der Waals surface area (Å²) in [6, 6.07) is 10.2. The van der Waals surface area contributed by atoms with E-state index in [1.807, 2.05) is 25.2 Å². The van der Waals surface area contributed by atoms with Crippen LogP contribution in [-0.4, -0.2) is 55.2 Å². The molecule has 3 atom stereocenters. The van der Waals surface area contributed by atoms with Crippen molar-refractivity contribution in [2.24, 2.45) is 5.92 Å². The van der Waals surface area contributed by atoms with Gasteiger partial charge < -0.3 is 19.7 Å². The quantitative estimate of drug-likeness (QED) is 0.509. The first-order valence-electron chi connectivity index (χ1n) is 9.25. The molecule has 1 aliphatic heterocycles. The fraction of sp³-hybridized carbons (Fsp3) is 0.600. The molecule has 1 aromatic rings. The maximum atomic E-state index is 12.4. The van der Waals surface area contributed by atoms with Gasteiger partial charge in [-0.1, -0.05) is 44.2 Å². The third kappa shape index (κ3) is 6.42. The summed E-state index contributed by atoms with van der Waals surface area (Å²) < 4.78 is 10.1. The zero-order chi connectivity index (χ0) is 19.1. The van der Waals surface area contributed by atoms with Crippen LogP contribution in [0, 0.1) is 5.92 Å². The molecular formula is C20H30N2O4. The Balaban J connectivity index is 1.86. The zero-order valence-corrected chi connectivity index (χ0v) is 16.1. The summed E-state index contributed by atoms with van der Waals surface area (Å²) in [5.41, 5.74) is 1.23. The predicted octanol–water partition coefficient (Wildman–Crippen LogP) is 1.98. The molecule has 1 heterocycles. The van der Waals surface area contributed by atoms with Crippen LogP contribution in [0.25, 0.3) is 0 Å². The molecule has 26 heavy (non-hydrogen) atoms. The van der Waals surface area contributed by atoms with Crippen LogP contribution in [0.1, 0.15) is 32.8 Å². The van der Waals surface area contributed by atoms with Crippen molar-refractivity contribution in [1.82, 2.24) is 10.2 Å². The number of hydrogen-bond acceptors (Lipinski definition) is 5. The molecule has 144 valence electrons. The highest BCUT2D eigenvalue weighted by atomic mass is 16.6. The zero-order valence-electron chi connectivity index (χ0n) is 16.1. The molecular weight excluding hydrogens is 332 g/mol. The minimum absolute atomic E-state index is 0.00302. The SMILES string of the molecule is CCOC(=O)[C@H]1O[C@@H]1C(=O)N[C@@H](CC(C)C)CN(C)Cc1ccccc1. The van der Waals surface area contributed by atoms with Crippen molar-refractivity contribution in [3.8, 4) is 0 Å². The van der Waals surface area contributed by atoms with Crippen LogP contribution in [-0.2, 0) is 25.6 Å². The van der Waals surface area contributed by atoms with Crippen LogP contribution < -0.4 is 5.32 Å². The van der Waals surface area contributed by atoms with Gasteiger partial charge >= 0.3 is 5.97 Å². The van der Waals surface area contributed by atoms with E-state index in [9.17, 15) is 9.59 Å². The molecule has 0 aliphatic carbocycles. The smallest absolute Gasteiger partial charge is 0.338 e. The number of nitrogens with zero attached hydrogens (tertiary/aromatic N) is 1. The highest BCUT2D eigenvalue weighted by molar-refractivity contribution is 5.92. The van der Waals surface area contributed by atoms with E-state index in [4.69, 9.17) is 9.47 Å². The number of carbonyl (C=O) groups is 2. The molecule has 0 radical (unpaired) electrons. The summed E-state index contributed by atoms with van der Waals surface area (Å²) in [6.07, 6.45) is -0.610. The van der Waals surface area contributed by atoms with E-state index in [0.29, 0.717) is 5.92 Å². The van der Waals surface area contributed by atoms with E-state index in [1.54, 1.807) is 6.92 Å². The summed E-state index contributed by atoms with van der Waals surface area (Å²) in [4.78, 5) is 26.2. The molecule has 1 N–H and O–H groups in total. The van der Waals surface area contributed by atoms with Crippen molar-refractivity contribution in [1.29, 1.82) is 0 Å². The molecule has 1 aromatic carbocycles. The van der Waals surface area contributed by atoms with Crippen molar-refractivity contribution < 1.29 is 19.1 Å². The lowest BCUT2D eigenvalue weighted by Crippen LogP contribution is -2.45. The van der Waals surface area contributed by atoms with Crippen LogP contribution in [0.5, 0.6) is 0 Å². The van der Waals surface area contributed by atoms with Gasteiger partial charge in [0, 0.05) is 19.1 Å². The Labute approximate surface area is 155 Å². The molecule has 0 aromatic heterocycles. The maximum Gasteiger partial charge on any atom is 0.338 e. The molecule has 1 saturated heterocycles. The van der Waals surface area contributed by atoms with Crippen LogP contribution in [0.3, 0.4) is 0 Å². The number of amides is 1. The second-order valence-corrected chi connectivity index (χ2v) is 7.25. The first-order valence-corrected chi connectivity index (χ1v) is 9.25. The summed E-state index contributed by atoms with van der Waals surface area (Å²) in [5.74, 6) is -0.248. The molecule has 0 bridgehead atoms. The van der Waals surface area contributed by atoms with Gasteiger partial charge in [-0.2, -0.15) is 0 Å². The third-order valence-electron chi connectivity index (χ3n) is 4.20. The molecule has 1 amide bonds. The highest BCUT2D eigenvalue weighted by Crippen LogP contribution is 2.24. The number of likely N-dealkylation sites (N-methyl/N-ethyl adjacent to an activating group) is 1. The molecule has 1 aliphatic rings. The second kappa shape index (κ2) is 9.69. The van der Waals surface area contributed by atoms with Crippen molar-refractivity contribution in [2.45, 2.75) is 52.0 Å². The lowest BCUT2D eigenvalue weighted by Gasteiger charge is -2.26. The van der Waals surface area contributed by atoms with Gasteiger partial charge in [0.25, 0.3) is 5.91 Å². The second-order valence-electron chi connectivity index (χ2n) is 7.25. The largest absolute Gasteiger partial charge is 0.464 e. The first-order chi connectivity index (χ1) is 12.4. The Morgan fingerprint density at radius 1 is 1.23 bits per heavy atom. The molecule has 6 nitrogen and oxygen atoms in total. The summed E-state index contributed by atoms with van der Waals surface area (Å²) in [5, 5.41) is 3.04. The van der Waals surface area contributed by atoms with Crippen molar-refractivity contribution in [2.75, 3.05) is 20.2 Å². The monoisotopic (exact) mass is 362 g/mol.